The van der Waals surface area contributed by atoms with Gasteiger partial charge >= 0.3 is 0 Å². The zero-order chi connectivity index (χ0) is 26.1. The minimum absolute atomic E-state index is 0.326. The molecule has 10 heteroatoms. The number of amides is 3. The van der Waals surface area contributed by atoms with E-state index in [4.69, 9.17) is 0 Å². The van der Waals surface area contributed by atoms with Gasteiger partial charge in [-0.3, -0.25) is 19.8 Å². The van der Waals surface area contributed by atoms with Gasteiger partial charge in [-0.1, -0.05) is 24.3 Å². The molecule has 3 aromatic rings. The fourth-order valence-electron chi connectivity index (χ4n) is 4.04. The molecule has 1 aliphatic heterocycles. The third kappa shape index (κ3) is 4.80. The van der Waals surface area contributed by atoms with Crippen LogP contribution in [0, 0.1) is 17.5 Å². The number of anilines is 1. The molecule has 7 nitrogen and oxygen atoms in total. The second kappa shape index (κ2) is 9.82. The van der Waals surface area contributed by atoms with Crippen molar-refractivity contribution in [2.24, 2.45) is 0 Å². The predicted octanol–water partition coefficient (Wildman–Crippen LogP) is 3.49. The Morgan fingerprint density at radius 3 is 2.28 bits per heavy atom. The van der Waals surface area contributed by atoms with E-state index in [0.717, 1.165) is 17.1 Å². The standard InChI is InChI=1S/C26H22F3N3O4/c1-13-21-12-16(27)7-8-19(21)20-5-3-4-6-22(20)32(26(13)36)31-24(34)14(2)30-25(35)23(33)15-9-17(28)11-18(29)10-15/h3-14,23,33H,1-2H3,(H,30,35)(H,31,34)/t13?,14-,23?/m0/s1. The van der Waals surface area contributed by atoms with E-state index in [-0.39, 0.29) is 5.56 Å². The Morgan fingerprint density at radius 1 is 0.917 bits per heavy atom. The topological polar surface area (TPSA) is 98.7 Å². The lowest BCUT2D eigenvalue weighted by Gasteiger charge is -2.27. The number of aliphatic hydroxyl groups excluding tert-OH is 1. The van der Waals surface area contributed by atoms with Crippen molar-refractivity contribution >= 4 is 23.4 Å². The molecule has 36 heavy (non-hydrogen) atoms. The quantitative estimate of drug-likeness (QED) is 0.503. The van der Waals surface area contributed by atoms with Crippen LogP contribution in [0.2, 0.25) is 0 Å². The first kappa shape index (κ1) is 24.9. The molecule has 0 aliphatic carbocycles. The Morgan fingerprint density at radius 2 is 1.58 bits per heavy atom. The monoisotopic (exact) mass is 497 g/mol. The first-order valence-corrected chi connectivity index (χ1v) is 11.0. The van der Waals surface area contributed by atoms with E-state index in [2.05, 4.69) is 10.7 Å². The number of halogens is 3. The van der Waals surface area contributed by atoms with Crippen LogP contribution in [0.15, 0.2) is 60.7 Å². The summed E-state index contributed by atoms with van der Waals surface area (Å²) in [6.07, 6.45) is -1.93. The van der Waals surface area contributed by atoms with Gasteiger partial charge in [-0.25, -0.2) is 18.2 Å². The summed E-state index contributed by atoms with van der Waals surface area (Å²) in [6.45, 7) is 2.90. The number of aliphatic hydroxyl groups is 1. The highest BCUT2D eigenvalue weighted by atomic mass is 19.1. The van der Waals surface area contributed by atoms with E-state index >= 15 is 0 Å². The number of nitrogens with zero attached hydrogens (tertiary/aromatic N) is 1. The molecule has 2 unspecified atom stereocenters. The lowest BCUT2D eigenvalue weighted by Crippen LogP contribution is -2.54. The lowest BCUT2D eigenvalue weighted by atomic mass is 9.92. The van der Waals surface area contributed by atoms with Crippen LogP contribution in [-0.4, -0.2) is 28.9 Å². The molecule has 0 radical (unpaired) electrons. The molecule has 3 aromatic carbocycles. The zero-order valence-corrected chi connectivity index (χ0v) is 19.3. The van der Waals surface area contributed by atoms with Crippen molar-refractivity contribution < 1.29 is 32.7 Å². The maximum absolute atomic E-state index is 14.0. The van der Waals surface area contributed by atoms with E-state index in [9.17, 15) is 32.7 Å². The molecule has 4 rings (SSSR count). The second-order valence-electron chi connectivity index (χ2n) is 8.46. The van der Waals surface area contributed by atoms with Crippen LogP contribution in [0.4, 0.5) is 18.9 Å². The van der Waals surface area contributed by atoms with Crippen molar-refractivity contribution in [2.75, 3.05) is 5.01 Å². The second-order valence-corrected chi connectivity index (χ2v) is 8.46. The van der Waals surface area contributed by atoms with Gasteiger partial charge in [0.15, 0.2) is 6.10 Å². The summed E-state index contributed by atoms with van der Waals surface area (Å²) >= 11 is 0. The summed E-state index contributed by atoms with van der Waals surface area (Å²) in [6, 6.07) is 11.8. The SMILES string of the molecule is CC1C(=O)N(NC(=O)[C@H](C)NC(=O)C(O)c2cc(F)cc(F)c2)c2ccccc2-c2ccc(F)cc21. The van der Waals surface area contributed by atoms with Crippen LogP contribution in [0.25, 0.3) is 11.1 Å². The van der Waals surface area contributed by atoms with Gasteiger partial charge in [-0.2, -0.15) is 0 Å². The van der Waals surface area contributed by atoms with Crippen molar-refractivity contribution in [1.82, 2.24) is 10.7 Å². The number of hydrogen-bond donors (Lipinski definition) is 3. The van der Waals surface area contributed by atoms with Crippen LogP contribution in [-0.2, 0) is 14.4 Å². The minimum atomic E-state index is -1.93. The number of fused-ring (bicyclic) bond motifs is 3. The van der Waals surface area contributed by atoms with Crippen molar-refractivity contribution in [1.29, 1.82) is 0 Å². The van der Waals surface area contributed by atoms with E-state index in [1.165, 1.54) is 19.1 Å². The zero-order valence-electron chi connectivity index (χ0n) is 19.3. The maximum Gasteiger partial charge on any atom is 0.261 e. The van der Waals surface area contributed by atoms with Gasteiger partial charge in [0.25, 0.3) is 17.7 Å². The largest absolute Gasteiger partial charge is 0.378 e. The molecule has 3 amide bonds. The van der Waals surface area contributed by atoms with Crippen LogP contribution in [0.1, 0.15) is 37.0 Å². The molecule has 0 bridgehead atoms. The fraction of sp³-hybridized carbons (Fsp3) is 0.192. The average molecular weight is 497 g/mol. The number of para-hydroxylation sites is 1. The summed E-state index contributed by atoms with van der Waals surface area (Å²) in [5, 5.41) is 13.5. The number of rotatable bonds is 5. The summed E-state index contributed by atoms with van der Waals surface area (Å²) in [7, 11) is 0. The van der Waals surface area contributed by atoms with Gasteiger partial charge in [0.2, 0.25) is 0 Å². The third-order valence-corrected chi connectivity index (χ3v) is 5.93. The summed E-state index contributed by atoms with van der Waals surface area (Å²) in [5.74, 6) is -5.66. The van der Waals surface area contributed by atoms with Gasteiger partial charge in [-0.15, -0.1) is 0 Å². The Kier molecular flexibility index (Phi) is 6.80. The van der Waals surface area contributed by atoms with Crippen molar-refractivity contribution in [3.63, 3.8) is 0 Å². The molecule has 0 saturated heterocycles. The molecule has 3 N–H and O–H groups in total. The molecule has 1 heterocycles. The Bertz CT molecular complexity index is 1340. The first-order chi connectivity index (χ1) is 17.1. The molecule has 0 fully saturated rings. The highest BCUT2D eigenvalue weighted by Gasteiger charge is 2.34. The van der Waals surface area contributed by atoms with Crippen LogP contribution < -0.4 is 15.8 Å². The van der Waals surface area contributed by atoms with E-state index in [1.54, 1.807) is 37.3 Å². The van der Waals surface area contributed by atoms with Gasteiger partial charge < -0.3 is 10.4 Å². The number of hydrazine groups is 1. The van der Waals surface area contributed by atoms with Crippen molar-refractivity contribution in [3.05, 3.63) is 89.2 Å². The maximum atomic E-state index is 14.0. The third-order valence-electron chi connectivity index (χ3n) is 5.93. The van der Waals surface area contributed by atoms with Crippen molar-refractivity contribution in [3.8, 4) is 11.1 Å². The summed E-state index contributed by atoms with van der Waals surface area (Å²) < 4.78 is 40.9. The number of carbonyl (C=O) groups excluding carboxylic acids is 3. The number of hydrogen-bond acceptors (Lipinski definition) is 4. The lowest BCUT2D eigenvalue weighted by molar-refractivity contribution is -0.134. The van der Waals surface area contributed by atoms with Gasteiger partial charge in [0.05, 0.1) is 11.6 Å². The van der Waals surface area contributed by atoms with E-state index < -0.39 is 53.2 Å². The normalized spacial score (nSPS) is 16.3. The Labute approximate surface area is 204 Å². The molecule has 1 aliphatic rings. The number of nitrogens with one attached hydrogen (secondary N) is 2. The van der Waals surface area contributed by atoms with Gasteiger partial charge in [0.1, 0.15) is 23.5 Å². The Balaban J connectivity index is 1.55. The summed E-state index contributed by atoms with van der Waals surface area (Å²) in [5.41, 5.74) is 4.18. The van der Waals surface area contributed by atoms with Gasteiger partial charge in [0, 0.05) is 11.6 Å². The molecule has 0 aromatic heterocycles. The smallest absolute Gasteiger partial charge is 0.261 e. The van der Waals surface area contributed by atoms with Crippen LogP contribution in [0.3, 0.4) is 0 Å². The molecule has 0 saturated carbocycles. The first-order valence-electron chi connectivity index (χ1n) is 11.0. The molecule has 3 atom stereocenters. The van der Waals surface area contributed by atoms with E-state index in [0.29, 0.717) is 28.4 Å². The van der Waals surface area contributed by atoms with Crippen LogP contribution >= 0.6 is 0 Å². The predicted molar refractivity (Wildman–Crippen MR) is 125 cm³/mol. The fourth-order valence-corrected chi connectivity index (χ4v) is 4.04. The highest BCUT2D eigenvalue weighted by molar-refractivity contribution is 6.06. The van der Waals surface area contributed by atoms with Gasteiger partial charge in [-0.05, 0) is 60.9 Å². The number of carbonyl (C=O) groups is 3. The van der Waals surface area contributed by atoms with Crippen molar-refractivity contribution in [2.45, 2.75) is 31.9 Å². The van der Waals surface area contributed by atoms with E-state index in [1.807, 2.05) is 0 Å². The summed E-state index contributed by atoms with van der Waals surface area (Å²) in [4.78, 5) is 38.7. The molecular weight excluding hydrogens is 475 g/mol. The minimum Gasteiger partial charge on any atom is -0.378 e. The molecule has 186 valence electrons. The average Bonchev–Trinajstić information content (AvgIpc) is 2.92. The Hall–Kier alpha value is -4.18. The number of benzene rings is 3. The molecule has 0 spiro atoms. The highest BCUT2D eigenvalue weighted by Crippen LogP contribution is 2.40. The van der Waals surface area contributed by atoms with Crippen LogP contribution in [0.5, 0.6) is 0 Å². The molecular formula is C26H22F3N3O4.